The van der Waals surface area contributed by atoms with Crippen LogP contribution in [0.5, 0.6) is 0 Å². The van der Waals surface area contributed by atoms with Gasteiger partial charge in [0.1, 0.15) is 17.3 Å². The fourth-order valence-corrected chi connectivity index (χ4v) is 5.51. The minimum Gasteiger partial charge on any atom is -0.468 e. The molecule has 0 spiro atoms. The zero-order valence-corrected chi connectivity index (χ0v) is 30.5. The van der Waals surface area contributed by atoms with Crippen molar-refractivity contribution in [2.45, 2.75) is 124 Å². The van der Waals surface area contributed by atoms with E-state index in [0.29, 0.717) is 37.2 Å². The summed E-state index contributed by atoms with van der Waals surface area (Å²) in [7, 11) is 1.71. The second-order valence-electron chi connectivity index (χ2n) is 14.9. The van der Waals surface area contributed by atoms with E-state index in [0.717, 1.165) is 23.1 Å². The molecule has 4 rings (SSSR count). The van der Waals surface area contributed by atoms with Crippen LogP contribution < -0.4 is 10.6 Å². The van der Waals surface area contributed by atoms with Crippen LogP contribution in [-0.2, 0) is 25.5 Å². The average molecular weight is 677 g/mol. The van der Waals surface area contributed by atoms with E-state index in [9.17, 15) is 14.4 Å². The van der Waals surface area contributed by atoms with Crippen LogP contribution in [0.1, 0.15) is 117 Å². The molecule has 2 aliphatic rings. The lowest BCUT2D eigenvalue weighted by molar-refractivity contribution is -0.121. The maximum atomic E-state index is 12.9. The molecule has 4 unspecified atom stereocenters. The van der Waals surface area contributed by atoms with Gasteiger partial charge in [0, 0.05) is 32.0 Å². The lowest BCUT2D eigenvalue weighted by atomic mass is 9.90. The van der Waals surface area contributed by atoms with Gasteiger partial charge in [-0.25, -0.2) is 24.5 Å². The zero-order chi connectivity index (χ0) is 36.1. The van der Waals surface area contributed by atoms with Gasteiger partial charge < -0.3 is 24.4 Å². The van der Waals surface area contributed by atoms with Crippen LogP contribution in [0.3, 0.4) is 0 Å². The number of nitrogens with one attached hydrogen (secondary N) is 2. The summed E-state index contributed by atoms with van der Waals surface area (Å²) in [4.78, 5) is 53.2. The maximum Gasteiger partial charge on any atom is 0.413 e. The van der Waals surface area contributed by atoms with Crippen LogP contribution in [0, 0.1) is 5.92 Å². The summed E-state index contributed by atoms with van der Waals surface area (Å²) in [5, 5.41) is 5.82. The number of hydrogen-bond acceptors (Lipinski definition) is 9. The summed E-state index contributed by atoms with van der Waals surface area (Å²) in [6, 6.07) is 7.89. The van der Waals surface area contributed by atoms with Gasteiger partial charge in [0.2, 0.25) is 11.8 Å². The Labute approximate surface area is 290 Å². The number of benzene rings is 1. The van der Waals surface area contributed by atoms with E-state index in [2.05, 4.69) is 28.6 Å². The SMILES string of the molecule is CCC(=O)NC1CC=C(c2cnc(NC(=O)OC(C)(C)C)c(C3=NC(C)C(C)C(c4ccc(CN(C)C(=O)OC(C)(C)C)cc4)O3)n2)CC1. The van der Waals surface area contributed by atoms with Gasteiger partial charge >= 0.3 is 12.2 Å². The first kappa shape index (κ1) is 37.3. The van der Waals surface area contributed by atoms with E-state index >= 15 is 0 Å². The molecule has 4 atom stereocenters. The molecule has 12 nitrogen and oxygen atoms in total. The third kappa shape index (κ3) is 10.5. The quantitative estimate of drug-likeness (QED) is 0.299. The summed E-state index contributed by atoms with van der Waals surface area (Å²) in [5.74, 6) is 0.514. The molecule has 2 aromatic rings. The predicted octanol–water partition coefficient (Wildman–Crippen LogP) is 7.20. The van der Waals surface area contributed by atoms with Gasteiger partial charge in [0.15, 0.2) is 11.5 Å². The van der Waals surface area contributed by atoms with Gasteiger partial charge in [0.05, 0.1) is 17.9 Å². The van der Waals surface area contributed by atoms with Crippen LogP contribution in [0.25, 0.3) is 5.57 Å². The third-order valence-corrected chi connectivity index (χ3v) is 8.25. The van der Waals surface area contributed by atoms with Crippen molar-refractivity contribution in [1.82, 2.24) is 20.2 Å². The molecule has 49 heavy (non-hydrogen) atoms. The molecule has 0 bridgehead atoms. The predicted molar refractivity (Wildman–Crippen MR) is 189 cm³/mol. The molecule has 2 N–H and O–H groups in total. The van der Waals surface area contributed by atoms with Crippen LogP contribution in [-0.4, -0.2) is 69.2 Å². The minimum atomic E-state index is -0.712. The topological polar surface area (TPSA) is 144 Å². The highest BCUT2D eigenvalue weighted by atomic mass is 16.6. The number of hydrogen-bond donors (Lipinski definition) is 2. The molecule has 266 valence electrons. The van der Waals surface area contributed by atoms with Gasteiger partial charge in [0.25, 0.3) is 0 Å². The molecule has 12 heteroatoms. The van der Waals surface area contributed by atoms with E-state index in [1.54, 1.807) is 38.9 Å². The summed E-state index contributed by atoms with van der Waals surface area (Å²) < 4.78 is 17.6. The van der Waals surface area contributed by atoms with Crippen LogP contribution >= 0.6 is 0 Å². The Morgan fingerprint density at radius 1 is 1.02 bits per heavy atom. The normalized spacial score (nSPS) is 21.0. The Morgan fingerprint density at radius 3 is 2.29 bits per heavy atom. The third-order valence-electron chi connectivity index (χ3n) is 8.25. The number of anilines is 1. The van der Waals surface area contributed by atoms with E-state index in [4.69, 9.17) is 24.2 Å². The molecule has 1 aliphatic carbocycles. The van der Waals surface area contributed by atoms with Gasteiger partial charge in [-0.3, -0.25) is 10.1 Å². The Morgan fingerprint density at radius 2 is 1.69 bits per heavy atom. The number of nitrogens with zero attached hydrogens (tertiary/aromatic N) is 4. The fraction of sp³-hybridized carbons (Fsp3) is 0.568. The van der Waals surface area contributed by atoms with Gasteiger partial charge in [-0.2, -0.15) is 0 Å². The number of aliphatic imine (C=N–C) groups is 1. The molecule has 1 aromatic carbocycles. The molecule has 2 heterocycles. The number of rotatable bonds is 8. The first-order valence-corrected chi connectivity index (χ1v) is 17.1. The van der Waals surface area contributed by atoms with Crippen molar-refractivity contribution in [2.24, 2.45) is 10.9 Å². The van der Waals surface area contributed by atoms with Crippen LogP contribution in [0.15, 0.2) is 41.5 Å². The lowest BCUT2D eigenvalue weighted by Gasteiger charge is -2.33. The largest absolute Gasteiger partial charge is 0.468 e. The second kappa shape index (κ2) is 15.4. The molecule has 0 fully saturated rings. The molecule has 0 saturated heterocycles. The standard InChI is InChI=1S/C37H52N6O6/c1-11-29(44)40-27-18-16-25(17-19-27)28-20-38-32(42-34(45)48-36(4,5)6)30(41-28)33-39-23(3)22(2)31(47-33)26-14-12-24(13-15-26)21-43(10)35(46)49-37(7,8)9/h12-16,20,22-23,27,31H,11,17-19,21H2,1-10H3,(H,40,44)(H,38,42,45). The summed E-state index contributed by atoms with van der Waals surface area (Å²) >= 11 is 0. The number of carbonyl (C=O) groups excluding carboxylic acids is 3. The van der Waals surface area contributed by atoms with Gasteiger partial charge in [-0.05, 0) is 84.4 Å². The molecule has 3 amide bonds. The van der Waals surface area contributed by atoms with E-state index in [1.165, 1.54) is 0 Å². The first-order valence-electron chi connectivity index (χ1n) is 17.1. The van der Waals surface area contributed by atoms with Crippen molar-refractivity contribution in [1.29, 1.82) is 0 Å². The monoisotopic (exact) mass is 676 g/mol. The van der Waals surface area contributed by atoms with Gasteiger partial charge in [-0.1, -0.05) is 44.2 Å². The number of aromatic nitrogens is 2. The smallest absolute Gasteiger partial charge is 0.413 e. The van der Waals surface area contributed by atoms with Crippen LogP contribution in [0.2, 0.25) is 0 Å². The van der Waals surface area contributed by atoms with Crippen molar-refractivity contribution in [3.05, 3.63) is 59.1 Å². The Bertz CT molecular complexity index is 1570. The summed E-state index contributed by atoms with van der Waals surface area (Å²) in [6.07, 6.45) is 4.93. The van der Waals surface area contributed by atoms with Crippen molar-refractivity contribution in [3.63, 3.8) is 0 Å². The van der Waals surface area contributed by atoms with Crippen molar-refractivity contribution in [3.8, 4) is 0 Å². The summed E-state index contributed by atoms with van der Waals surface area (Å²) in [5.41, 5.74) is 2.56. The molecule has 1 aliphatic heterocycles. The van der Waals surface area contributed by atoms with E-state index in [-0.39, 0.29) is 47.8 Å². The molecular formula is C37H52N6O6. The fourth-order valence-electron chi connectivity index (χ4n) is 5.51. The number of ether oxygens (including phenoxy) is 3. The number of carbonyl (C=O) groups is 3. The maximum absolute atomic E-state index is 12.9. The van der Waals surface area contributed by atoms with Crippen molar-refractivity contribution >= 4 is 35.4 Å². The Hall–Kier alpha value is -4.48. The van der Waals surface area contributed by atoms with Gasteiger partial charge in [-0.15, -0.1) is 0 Å². The average Bonchev–Trinajstić information content (AvgIpc) is 3.01. The van der Waals surface area contributed by atoms with E-state index in [1.807, 2.05) is 58.9 Å². The Balaban J connectivity index is 1.61. The molecule has 1 aromatic heterocycles. The molecular weight excluding hydrogens is 624 g/mol. The summed E-state index contributed by atoms with van der Waals surface area (Å²) in [6.45, 7) is 17.2. The minimum absolute atomic E-state index is 0.0220. The number of allylic oxidation sites excluding steroid dienone is 1. The highest BCUT2D eigenvalue weighted by Gasteiger charge is 2.35. The zero-order valence-electron chi connectivity index (χ0n) is 30.5. The highest BCUT2D eigenvalue weighted by molar-refractivity contribution is 6.00. The Kier molecular flexibility index (Phi) is 11.7. The first-order chi connectivity index (χ1) is 22.9. The highest BCUT2D eigenvalue weighted by Crippen LogP contribution is 2.36. The van der Waals surface area contributed by atoms with Crippen LogP contribution in [0.4, 0.5) is 15.4 Å². The van der Waals surface area contributed by atoms with E-state index < -0.39 is 17.3 Å². The molecule has 0 radical (unpaired) electrons. The number of amides is 3. The molecule has 0 saturated carbocycles. The van der Waals surface area contributed by atoms with Crippen molar-refractivity contribution in [2.75, 3.05) is 12.4 Å². The second-order valence-corrected chi connectivity index (χ2v) is 14.9. The lowest BCUT2D eigenvalue weighted by Crippen LogP contribution is -2.35. The van der Waals surface area contributed by atoms with Crippen molar-refractivity contribution < 1.29 is 28.6 Å².